The molecule has 35 heavy (non-hydrogen) atoms. The van der Waals surface area contributed by atoms with Gasteiger partial charge in [0.05, 0.1) is 22.5 Å². The van der Waals surface area contributed by atoms with E-state index in [1.54, 1.807) is 13.0 Å². The highest BCUT2D eigenvalue weighted by atomic mass is 79.9. The summed E-state index contributed by atoms with van der Waals surface area (Å²) in [4.78, 5) is 12.4. The van der Waals surface area contributed by atoms with Crippen molar-refractivity contribution in [3.05, 3.63) is 91.5 Å². The minimum absolute atomic E-state index is 0.376. The van der Waals surface area contributed by atoms with Crippen LogP contribution in [0.4, 0.5) is 14.6 Å². The Morgan fingerprint density at radius 1 is 1.29 bits per heavy atom. The molecule has 0 bridgehead atoms. The van der Waals surface area contributed by atoms with Crippen LogP contribution in [0.15, 0.2) is 51.9 Å². The number of pyridine rings is 1. The molecule has 184 valence electrons. The van der Waals surface area contributed by atoms with Crippen molar-refractivity contribution in [2.45, 2.75) is 39.8 Å². The van der Waals surface area contributed by atoms with E-state index in [2.05, 4.69) is 31.2 Å². The molecule has 1 unspecified atom stereocenters. The predicted molar refractivity (Wildman–Crippen MR) is 127 cm³/mol. The molecule has 0 radical (unpaired) electrons. The second-order valence-electron chi connectivity index (χ2n) is 7.58. The third-order valence-corrected chi connectivity index (χ3v) is 5.48. The highest BCUT2D eigenvalue weighted by Crippen LogP contribution is 2.34. The smallest absolute Gasteiger partial charge is 0.389 e. The van der Waals surface area contributed by atoms with Crippen LogP contribution in [0, 0.1) is 28.7 Å². The predicted octanol–water partition coefficient (Wildman–Crippen LogP) is 5.54. The van der Waals surface area contributed by atoms with Gasteiger partial charge < -0.3 is 19.7 Å². The second-order valence-corrected chi connectivity index (χ2v) is 8.50. The summed E-state index contributed by atoms with van der Waals surface area (Å²) < 4.78 is 33.9. The van der Waals surface area contributed by atoms with Gasteiger partial charge in [-0.1, -0.05) is 5.16 Å². The van der Waals surface area contributed by atoms with Gasteiger partial charge in [0.2, 0.25) is 5.82 Å². The molecule has 0 aliphatic heterocycles. The average molecular weight is 550 g/mol. The SMILES string of the molecule is CCn1cc(Cc2c(C)noc2-c2ccc(F)cc2C(C)O)cn1.O=[N+]([O-])c1ncc(Br)cc1F. The van der Waals surface area contributed by atoms with Gasteiger partial charge in [0.15, 0.2) is 12.0 Å². The van der Waals surface area contributed by atoms with Crippen molar-refractivity contribution in [3.8, 4) is 11.3 Å². The Bertz CT molecular complexity index is 1340. The molecule has 0 spiro atoms. The summed E-state index contributed by atoms with van der Waals surface area (Å²) in [6.45, 7) is 6.31. The Labute approximate surface area is 207 Å². The summed E-state index contributed by atoms with van der Waals surface area (Å²) in [7, 11) is 0. The van der Waals surface area contributed by atoms with Crippen molar-refractivity contribution in [2.24, 2.45) is 0 Å². The van der Waals surface area contributed by atoms with Gasteiger partial charge in [-0.2, -0.15) is 9.49 Å². The lowest BCUT2D eigenvalue weighted by molar-refractivity contribution is -0.392. The van der Waals surface area contributed by atoms with E-state index in [1.807, 2.05) is 30.9 Å². The van der Waals surface area contributed by atoms with E-state index in [0.29, 0.717) is 27.8 Å². The van der Waals surface area contributed by atoms with Gasteiger partial charge in [-0.05, 0) is 75.9 Å². The molecular formula is C23H22BrF2N5O4. The molecule has 1 aromatic carbocycles. The van der Waals surface area contributed by atoms with Crippen molar-refractivity contribution in [2.75, 3.05) is 0 Å². The topological polar surface area (TPSA) is 120 Å². The second kappa shape index (κ2) is 11.3. The molecule has 0 aliphatic carbocycles. The maximum atomic E-state index is 13.5. The summed E-state index contributed by atoms with van der Waals surface area (Å²) in [5, 5.41) is 28.3. The highest BCUT2D eigenvalue weighted by Gasteiger charge is 2.21. The summed E-state index contributed by atoms with van der Waals surface area (Å²) in [6, 6.07) is 5.30. The first-order valence-corrected chi connectivity index (χ1v) is 11.3. The first kappa shape index (κ1) is 26.1. The minimum Gasteiger partial charge on any atom is -0.389 e. The number of nitro groups is 1. The van der Waals surface area contributed by atoms with Gasteiger partial charge in [-0.15, -0.1) is 0 Å². The van der Waals surface area contributed by atoms with Gasteiger partial charge in [0.1, 0.15) is 5.82 Å². The van der Waals surface area contributed by atoms with Crippen LogP contribution >= 0.6 is 15.9 Å². The molecule has 1 N–H and O–H groups in total. The number of aliphatic hydroxyl groups excluding tert-OH is 1. The molecule has 1 atom stereocenters. The van der Waals surface area contributed by atoms with Gasteiger partial charge >= 0.3 is 5.82 Å². The molecular weight excluding hydrogens is 528 g/mol. The van der Waals surface area contributed by atoms with Crippen LogP contribution in [-0.2, 0) is 13.0 Å². The summed E-state index contributed by atoms with van der Waals surface area (Å²) in [5.41, 5.74) is 3.88. The summed E-state index contributed by atoms with van der Waals surface area (Å²) in [5.74, 6) is -1.53. The number of halogens is 3. The first-order valence-electron chi connectivity index (χ1n) is 10.5. The van der Waals surface area contributed by atoms with Crippen molar-refractivity contribution < 1.29 is 23.3 Å². The Morgan fingerprint density at radius 2 is 2.03 bits per heavy atom. The first-order chi connectivity index (χ1) is 16.6. The zero-order valence-corrected chi connectivity index (χ0v) is 20.7. The van der Waals surface area contributed by atoms with Gasteiger partial charge in [-0.25, -0.2) is 4.39 Å². The lowest BCUT2D eigenvalue weighted by Gasteiger charge is -2.11. The summed E-state index contributed by atoms with van der Waals surface area (Å²) >= 11 is 2.92. The maximum absolute atomic E-state index is 13.5. The van der Waals surface area contributed by atoms with E-state index in [4.69, 9.17) is 4.52 Å². The zero-order valence-electron chi connectivity index (χ0n) is 19.1. The molecule has 0 amide bonds. The fourth-order valence-corrected chi connectivity index (χ4v) is 3.61. The molecule has 3 heterocycles. The van der Waals surface area contributed by atoms with Crippen molar-refractivity contribution in [1.29, 1.82) is 0 Å². The van der Waals surface area contributed by atoms with Gasteiger partial charge in [0.25, 0.3) is 0 Å². The Balaban J connectivity index is 0.000000261. The van der Waals surface area contributed by atoms with Crippen LogP contribution < -0.4 is 0 Å². The van der Waals surface area contributed by atoms with E-state index >= 15 is 0 Å². The van der Waals surface area contributed by atoms with Crippen LogP contribution in [0.1, 0.15) is 42.3 Å². The lowest BCUT2D eigenvalue weighted by atomic mass is 9.96. The van der Waals surface area contributed by atoms with Crippen molar-refractivity contribution in [3.63, 3.8) is 0 Å². The number of hydrogen-bond acceptors (Lipinski definition) is 7. The number of hydrogen-bond donors (Lipinski definition) is 1. The van der Waals surface area contributed by atoms with Crippen molar-refractivity contribution >= 4 is 21.7 Å². The number of nitrogens with zero attached hydrogens (tertiary/aromatic N) is 5. The highest BCUT2D eigenvalue weighted by molar-refractivity contribution is 9.10. The molecule has 4 rings (SSSR count). The van der Waals surface area contributed by atoms with Crippen LogP contribution in [0.25, 0.3) is 11.3 Å². The van der Waals surface area contributed by atoms with E-state index in [9.17, 15) is 24.0 Å². The van der Waals surface area contributed by atoms with E-state index in [0.717, 1.165) is 29.4 Å². The normalized spacial score (nSPS) is 11.6. The molecule has 0 saturated carbocycles. The fraction of sp³-hybridized carbons (Fsp3) is 0.261. The maximum Gasteiger partial charge on any atom is 0.399 e. The third-order valence-electron chi connectivity index (χ3n) is 5.05. The molecule has 4 aromatic rings. The number of benzene rings is 1. The van der Waals surface area contributed by atoms with E-state index in [-0.39, 0.29) is 0 Å². The average Bonchev–Trinajstić information content (AvgIpc) is 3.41. The standard InChI is InChI=1S/C18H20FN3O2.C5H2BrFN2O2/c1-4-22-10-13(9-20-22)7-16-11(2)21-24-18(16)15-6-5-14(19)8-17(15)12(3)23;6-3-1-4(7)5(8-2-3)9(10)11/h5-6,8-10,12,23H,4,7H2,1-3H3;1-2H. The fourth-order valence-electron chi connectivity index (χ4n) is 3.31. The van der Waals surface area contributed by atoms with Crippen LogP contribution in [0.3, 0.4) is 0 Å². The third kappa shape index (κ3) is 6.34. The quantitative estimate of drug-likeness (QED) is 0.247. The van der Waals surface area contributed by atoms with Crippen LogP contribution in [0.2, 0.25) is 0 Å². The number of rotatable bonds is 6. The Morgan fingerprint density at radius 3 is 2.63 bits per heavy atom. The Kier molecular flexibility index (Phi) is 8.41. The van der Waals surface area contributed by atoms with Crippen LogP contribution in [-0.4, -0.2) is 30.0 Å². The number of aromatic nitrogens is 4. The minimum atomic E-state index is -0.940. The molecule has 0 saturated heterocycles. The van der Waals surface area contributed by atoms with Crippen molar-refractivity contribution in [1.82, 2.24) is 19.9 Å². The largest absolute Gasteiger partial charge is 0.399 e. The monoisotopic (exact) mass is 549 g/mol. The Hall–Kier alpha value is -3.51. The number of aliphatic hydroxyl groups is 1. The van der Waals surface area contributed by atoms with Gasteiger partial charge in [0, 0.05) is 36.4 Å². The molecule has 0 aliphatic rings. The molecule has 0 fully saturated rings. The van der Waals surface area contributed by atoms with Crippen LogP contribution in [0.5, 0.6) is 0 Å². The van der Waals surface area contributed by atoms with E-state index in [1.165, 1.54) is 18.3 Å². The molecule has 9 nitrogen and oxygen atoms in total. The molecule has 3 aromatic heterocycles. The lowest BCUT2D eigenvalue weighted by Crippen LogP contribution is -1.98. The number of aryl methyl sites for hydroxylation is 2. The van der Waals surface area contributed by atoms with Gasteiger partial charge in [-0.3, -0.25) is 4.68 Å². The van der Waals surface area contributed by atoms with E-state index < -0.39 is 28.5 Å². The summed E-state index contributed by atoms with van der Waals surface area (Å²) in [6.07, 6.45) is 4.77. The molecule has 12 heteroatoms. The zero-order chi connectivity index (χ0) is 25.7.